The van der Waals surface area contributed by atoms with Crippen molar-refractivity contribution in [3.8, 4) is 6.07 Å². The number of nitrogens with one attached hydrogen (secondary N) is 1. The van der Waals surface area contributed by atoms with Crippen molar-refractivity contribution in [2.75, 3.05) is 6.54 Å². The first-order valence-corrected chi connectivity index (χ1v) is 7.40. The van der Waals surface area contributed by atoms with Crippen molar-refractivity contribution in [2.24, 2.45) is 0 Å². The van der Waals surface area contributed by atoms with E-state index in [-0.39, 0.29) is 29.2 Å². The topological polar surface area (TPSA) is 115 Å². The number of rotatable bonds is 5. The molecule has 1 amide bonds. The highest BCUT2D eigenvalue weighted by Gasteiger charge is 2.21. The molecule has 1 aromatic heterocycles. The van der Waals surface area contributed by atoms with Crippen molar-refractivity contribution in [1.29, 1.82) is 5.26 Å². The summed E-state index contributed by atoms with van der Waals surface area (Å²) in [4.78, 5) is 15.2. The van der Waals surface area contributed by atoms with Gasteiger partial charge in [0.15, 0.2) is 0 Å². The minimum atomic E-state index is -1.24. The van der Waals surface area contributed by atoms with Crippen molar-refractivity contribution >= 4 is 17.7 Å². The fraction of sp³-hybridized carbons (Fsp3) is 0.533. The molecule has 0 fully saturated rings. The average molecular weight is 342 g/mol. The fourth-order valence-electron chi connectivity index (χ4n) is 1.72. The Bertz CT molecular complexity index is 595. The van der Waals surface area contributed by atoms with Crippen LogP contribution in [0.2, 0.25) is 5.15 Å². The summed E-state index contributed by atoms with van der Waals surface area (Å²) in [6, 6.07) is 3.21. The third-order valence-corrected chi connectivity index (χ3v) is 3.10. The number of hydrogen-bond donors (Lipinski definition) is 3. The van der Waals surface area contributed by atoms with Crippen LogP contribution in [0.25, 0.3) is 0 Å². The first kappa shape index (κ1) is 19.2. The van der Waals surface area contributed by atoms with E-state index in [0.717, 1.165) is 0 Å². The molecule has 2 atom stereocenters. The van der Waals surface area contributed by atoms with Gasteiger partial charge in [0.2, 0.25) is 0 Å². The van der Waals surface area contributed by atoms with Gasteiger partial charge >= 0.3 is 6.09 Å². The zero-order valence-corrected chi connectivity index (χ0v) is 14.0. The van der Waals surface area contributed by atoms with E-state index in [9.17, 15) is 15.0 Å². The number of aliphatic hydroxyl groups is 2. The molecular weight excluding hydrogens is 322 g/mol. The Morgan fingerprint density at radius 1 is 1.52 bits per heavy atom. The van der Waals surface area contributed by atoms with Gasteiger partial charge in [-0.3, -0.25) is 0 Å². The summed E-state index contributed by atoms with van der Waals surface area (Å²) in [5.74, 6) is 0. The number of alkyl carbamates (subject to hydrolysis) is 1. The normalized spacial score (nSPS) is 13.8. The molecular formula is C15H20ClN3O4. The molecule has 0 aromatic carbocycles. The number of hydrogen-bond acceptors (Lipinski definition) is 6. The Kier molecular flexibility index (Phi) is 6.76. The summed E-state index contributed by atoms with van der Waals surface area (Å²) in [6.45, 7) is 5.35. The Labute approximate surface area is 139 Å². The Morgan fingerprint density at radius 2 is 2.17 bits per heavy atom. The summed E-state index contributed by atoms with van der Waals surface area (Å²) < 4.78 is 5.05. The van der Waals surface area contributed by atoms with Gasteiger partial charge in [-0.05, 0) is 33.3 Å². The molecule has 0 bridgehead atoms. The number of aromatic nitrogens is 1. The van der Waals surface area contributed by atoms with E-state index < -0.39 is 23.9 Å². The van der Waals surface area contributed by atoms with Crippen LogP contribution in [0, 0.1) is 11.3 Å². The lowest BCUT2D eigenvalue weighted by Gasteiger charge is -2.21. The second kappa shape index (κ2) is 8.11. The van der Waals surface area contributed by atoms with E-state index in [1.54, 1.807) is 20.8 Å². The van der Waals surface area contributed by atoms with Crippen molar-refractivity contribution in [3.05, 3.63) is 28.5 Å². The van der Waals surface area contributed by atoms with Crippen molar-refractivity contribution in [1.82, 2.24) is 10.3 Å². The monoisotopic (exact) mass is 341 g/mol. The van der Waals surface area contributed by atoms with Crippen LogP contribution in [0.15, 0.2) is 12.3 Å². The molecule has 3 N–H and O–H groups in total. The SMILES string of the molecule is CC(C)(C)OC(=O)NCCC(O)C(O)c1cnc(Cl)c(C#N)c1. The predicted molar refractivity (Wildman–Crippen MR) is 83.8 cm³/mol. The first-order chi connectivity index (χ1) is 10.6. The third-order valence-electron chi connectivity index (χ3n) is 2.79. The van der Waals surface area contributed by atoms with Crippen molar-refractivity contribution < 1.29 is 19.7 Å². The smallest absolute Gasteiger partial charge is 0.407 e. The molecule has 1 aromatic rings. The van der Waals surface area contributed by atoms with Gasteiger partial charge in [-0.15, -0.1) is 0 Å². The maximum Gasteiger partial charge on any atom is 0.407 e. The van der Waals surface area contributed by atoms with Crippen molar-refractivity contribution in [3.63, 3.8) is 0 Å². The number of ether oxygens (including phenoxy) is 1. The van der Waals surface area contributed by atoms with Gasteiger partial charge in [-0.25, -0.2) is 9.78 Å². The molecule has 0 spiro atoms. The lowest BCUT2D eigenvalue weighted by molar-refractivity contribution is 0.0121. The molecule has 1 rings (SSSR count). The third kappa shape index (κ3) is 6.40. The van der Waals surface area contributed by atoms with Crippen LogP contribution >= 0.6 is 11.6 Å². The Balaban J connectivity index is 2.53. The maximum absolute atomic E-state index is 11.5. The minimum absolute atomic E-state index is 0.0320. The molecule has 2 unspecified atom stereocenters. The number of aliphatic hydroxyl groups excluding tert-OH is 2. The molecule has 0 aliphatic heterocycles. The summed E-state index contributed by atoms with van der Waals surface area (Å²) in [7, 11) is 0. The number of nitrogens with zero attached hydrogens (tertiary/aromatic N) is 2. The summed E-state index contributed by atoms with van der Waals surface area (Å²) >= 11 is 5.71. The predicted octanol–water partition coefficient (Wildman–Crippen LogP) is 1.92. The molecule has 0 saturated heterocycles. The lowest BCUT2D eigenvalue weighted by Crippen LogP contribution is -2.34. The largest absolute Gasteiger partial charge is 0.444 e. The van der Waals surface area contributed by atoms with Gasteiger partial charge in [0, 0.05) is 18.3 Å². The van der Waals surface area contributed by atoms with Crippen LogP contribution in [0.4, 0.5) is 4.79 Å². The van der Waals surface area contributed by atoms with E-state index in [0.29, 0.717) is 0 Å². The van der Waals surface area contributed by atoms with Gasteiger partial charge in [0.25, 0.3) is 0 Å². The van der Waals surface area contributed by atoms with E-state index in [4.69, 9.17) is 21.6 Å². The van der Waals surface area contributed by atoms with Crippen LogP contribution in [0.1, 0.15) is 44.4 Å². The number of amides is 1. The van der Waals surface area contributed by atoms with E-state index in [1.165, 1.54) is 12.3 Å². The summed E-state index contributed by atoms with van der Waals surface area (Å²) in [6.07, 6.45) is -1.59. The van der Waals surface area contributed by atoms with Gasteiger partial charge in [0.05, 0.1) is 11.7 Å². The number of carbonyl (C=O) groups excluding carboxylic acids is 1. The molecule has 8 heteroatoms. The van der Waals surface area contributed by atoms with Crippen molar-refractivity contribution in [2.45, 2.75) is 45.0 Å². The molecule has 126 valence electrons. The molecule has 0 aliphatic rings. The molecule has 23 heavy (non-hydrogen) atoms. The van der Waals surface area contributed by atoms with Crippen LogP contribution in [0.3, 0.4) is 0 Å². The average Bonchev–Trinajstić information content (AvgIpc) is 2.45. The van der Waals surface area contributed by atoms with E-state index in [1.807, 2.05) is 6.07 Å². The number of pyridine rings is 1. The van der Waals surface area contributed by atoms with Crippen LogP contribution in [-0.4, -0.2) is 39.5 Å². The Morgan fingerprint density at radius 3 is 2.74 bits per heavy atom. The number of halogens is 1. The van der Waals surface area contributed by atoms with Gasteiger partial charge in [0.1, 0.15) is 22.9 Å². The Hall–Kier alpha value is -1.88. The minimum Gasteiger partial charge on any atom is -0.444 e. The molecule has 0 radical (unpaired) electrons. The number of carbonyl (C=O) groups is 1. The first-order valence-electron chi connectivity index (χ1n) is 7.02. The summed E-state index contributed by atoms with van der Waals surface area (Å²) in [5, 5.41) is 31.4. The van der Waals surface area contributed by atoms with Crippen LogP contribution < -0.4 is 5.32 Å². The lowest BCUT2D eigenvalue weighted by atomic mass is 10.0. The highest BCUT2D eigenvalue weighted by molar-refractivity contribution is 6.30. The van der Waals surface area contributed by atoms with Gasteiger partial charge in [-0.1, -0.05) is 11.6 Å². The highest BCUT2D eigenvalue weighted by atomic mass is 35.5. The van der Waals surface area contributed by atoms with Gasteiger partial charge in [-0.2, -0.15) is 5.26 Å². The fourth-order valence-corrected chi connectivity index (χ4v) is 1.87. The maximum atomic E-state index is 11.5. The molecule has 7 nitrogen and oxygen atoms in total. The molecule has 0 saturated carbocycles. The second-order valence-corrected chi connectivity index (χ2v) is 6.31. The second-order valence-electron chi connectivity index (χ2n) is 5.95. The van der Waals surface area contributed by atoms with Gasteiger partial charge < -0.3 is 20.3 Å². The zero-order valence-electron chi connectivity index (χ0n) is 13.2. The summed E-state index contributed by atoms with van der Waals surface area (Å²) in [5.41, 5.74) is -0.219. The van der Waals surface area contributed by atoms with E-state index in [2.05, 4.69) is 10.3 Å². The highest BCUT2D eigenvalue weighted by Crippen LogP contribution is 2.22. The zero-order chi connectivity index (χ0) is 17.6. The quantitative estimate of drug-likeness (QED) is 0.705. The van der Waals surface area contributed by atoms with Crippen LogP contribution in [0.5, 0.6) is 0 Å². The molecule has 0 aliphatic carbocycles. The number of nitriles is 1. The molecule has 1 heterocycles. The van der Waals surface area contributed by atoms with Crippen LogP contribution in [-0.2, 0) is 4.74 Å². The van der Waals surface area contributed by atoms with E-state index >= 15 is 0 Å². The standard InChI is InChI=1S/C15H20ClN3O4/c1-15(2,3)23-14(22)18-5-4-11(20)12(21)10-6-9(7-17)13(16)19-8-10/h6,8,11-12,20-21H,4-5H2,1-3H3,(H,18,22).